The van der Waals surface area contributed by atoms with E-state index in [-0.39, 0.29) is 5.76 Å². The van der Waals surface area contributed by atoms with E-state index in [2.05, 4.69) is 33.1 Å². The second kappa shape index (κ2) is 7.30. The van der Waals surface area contributed by atoms with Gasteiger partial charge in [0.25, 0.3) is 0 Å². The highest BCUT2D eigenvalue weighted by molar-refractivity contribution is 14.1. The SMILES string of the molecule is COc1cc(/C=N\NC(=O)c2ccc(C)o2)cc(I)c1OC. The molecule has 0 saturated carbocycles. The van der Waals surface area contributed by atoms with E-state index in [9.17, 15) is 4.79 Å². The highest BCUT2D eigenvalue weighted by Crippen LogP contribution is 2.32. The van der Waals surface area contributed by atoms with Gasteiger partial charge in [0.1, 0.15) is 5.76 Å². The van der Waals surface area contributed by atoms with Crippen LogP contribution in [-0.4, -0.2) is 26.3 Å². The van der Waals surface area contributed by atoms with Crippen LogP contribution in [0, 0.1) is 10.5 Å². The molecule has 0 saturated heterocycles. The maximum absolute atomic E-state index is 11.8. The lowest BCUT2D eigenvalue weighted by molar-refractivity contribution is 0.0926. The molecule has 2 aromatic rings. The van der Waals surface area contributed by atoms with Gasteiger partial charge < -0.3 is 13.9 Å². The molecule has 22 heavy (non-hydrogen) atoms. The van der Waals surface area contributed by atoms with Crippen molar-refractivity contribution in [2.75, 3.05) is 14.2 Å². The zero-order chi connectivity index (χ0) is 16.1. The molecule has 0 fully saturated rings. The van der Waals surface area contributed by atoms with Crippen LogP contribution < -0.4 is 14.9 Å². The Morgan fingerprint density at radius 3 is 2.68 bits per heavy atom. The number of halogens is 1. The normalized spacial score (nSPS) is 10.7. The Balaban J connectivity index is 2.10. The van der Waals surface area contributed by atoms with Gasteiger partial charge in [-0.3, -0.25) is 4.79 Å². The summed E-state index contributed by atoms with van der Waals surface area (Å²) in [4.78, 5) is 11.8. The fourth-order valence-corrected chi connectivity index (χ4v) is 2.64. The lowest BCUT2D eigenvalue weighted by Gasteiger charge is -2.10. The fraction of sp³-hybridized carbons (Fsp3) is 0.200. The fourth-order valence-electron chi connectivity index (χ4n) is 1.79. The number of amides is 1. The molecule has 0 aliphatic rings. The van der Waals surface area contributed by atoms with Gasteiger partial charge in [0.15, 0.2) is 17.3 Å². The highest BCUT2D eigenvalue weighted by atomic mass is 127. The van der Waals surface area contributed by atoms with Crippen molar-refractivity contribution in [3.05, 3.63) is 44.9 Å². The first kappa shape index (κ1) is 16.3. The lowest BCUT2D eigenvalue weighted by atomic mass is 10.2. The molecule has 0 aliphatic heterocycles. The van der Waals surface area contributed by atoms with Gasteiger partial charge in [0.05, 0.1) is 24.0 Å². The third-order valence-electron chi connectivity index (χ3n) is 2.80. The zero-order valence-electron chi connectivity index (χ0n) is 12.3. The van der Waals surface area contributed by atoms with Crippen molar-refractivity contribution < 1.29 is 18.7 Å². The predicted molar refractivity (Wildman–Crippen MR) is 90.8 cm³/mol. The van der Waals surface area contributed by atoms with Gasteiger partial charge in [-0.15, -0.1) is 0 Å². The maximum Gasteiger partial charge on any atom is 0.307 e. The van der Waals surface area contributed by atoms with Crippen LogP contribution in [0.3, 0.4) is 0 Å². The molecule has 116 valence electrons. The molecule has 7 heteroatoms. The molecule has 6 nitrogen and oxygen atoms in total. The third-order valence-corrected chi connectivity index (χ3v) is 3.60. The van der Waals surface area contributed by atoms with Crippen LogP contribution in [0.5, 0.6) is 11.5 Å². The van der Waals surface area contributed by atoms with Crippen molar-refractivity contribution in [1.82, 2.24) is 5.43 Å². The number of methoxy groups -OCH3 is 2. The number of nitrogens with one attached hydrogen (secondary N) is 1. The second-order valence-corrected chi connectivity index (χ2v) is 5.51. The number of carbonyl (C=O) groups excluding carboxylic acids is 1. The average Bonchev–Trinajstić information content (AvgIpc) is 2.93. The van der Waals surface area contributed by atoms with Crippen molar-refractivity contribution >= 4 is 34.7 Å². The number of ether oxygens (including phenoxy) is 2. The zero-order valence-corrected chi connectivity index (χ0v) is 14.5. The number of hydrogen-bond donors (Lipinski definition) is 1. The maximum atomic E-state index is 11.8. The standard InChI is InChI=1S/C15H15IN2O4/c1-9-4-5-12(22-9)15(19)18-17-8-10-6-11(16)14(21-3)13(7-10)20-2/h4-8H,1-3H3,(H,18,19)/b17-8-. The molecule has 1 amide bonds. The van der Waals surface area contributed by atoms with Crippen molar-refractivity contribution in [2.45, 2.75) is 6.92 Å². The minimum atomic E-state index is -0.403. The molecule has 1 heterocycles. The number of carbonyl (C=O) groups is 1. The minimum Gasteiger partial charge on any atom is -0.493 e. The summed E-state index contributed by atoms with van der Waals surface area (Å²) in [6.45, 7) is 1.77. The van der Waals surface area contributed by atoms with Crippen LogP contribution in [0.2, 0.25) is 0 Å². The predicted octanol–water partition coefficient (Wildman–Crippen LogP) is 2.97. The van der Waals surface area contributed by atoms with Crippen molar-refractivity contribution in [1.29, 1.82) is 0 Å². The second-order valence-electron chi connectivity index (χ2n) is 4.35. The number of aryl methyl sites for hydroxylation is 1. The summed E-state index contributed by atoms with van der Waals surface area (Å²) >= 11 is 2.14. The average molecular weight is 414 g/mol. The van der Waals surface area contributed by atoms with Crippen LogP contribution in [0.4, 0.5) is 0 Å². The molecular weight excluding hydrogens is 399 g/mol. The minimum absolute atomic E-state index is 0.219. The van der Waals surface area contributed by atoms with Crippen LogP contribution in [0.1, 0.15) is 21.9 Å². The summed E-state index contributed by atoms with van der Waals surface area (Å²) in [5.41, 5.74) is 3.18. The van der Waals surface area contributed by atoms with Gasteiger partial charge in [-0.2, -0.15) is 5.10 Å². The Bertz CT molecular complexity index is 710. The molecule has 1 aromatic carbocycles. The Kier molecular flexibility index (Phi) is 5.42. The highest BCUT2D eigenvalue weighted by Gasteiger charge is 2.10. The number of hydrazone groups is 1. The summed E-state index contributed by atoms with van der Waals surface area (Å²) in [6, 6.07) is 6.96. The topological polar surface area (TPSA) is 73.1 Å². The molecule has 0 aliphatic carbocycles. The van der Waals surface area contributed by atoms with Gasteiger partial charge in [-0.25, -0.2) is 5.43 Å². The van der Waals surface area contributed by atoms with E-state index < -0.39 is 5.91 Å². The number of furan rings is 1. The first-order valence-electron chi connectivity index (χ1n) is 6.36. The van der Waals surface area contributed by atoms with E-state index in [1.165, 1.54) is 6.21 Å². The molecular formula is C15H15IN2O4. The van der Waals surface area contributed by atoms with Crippen molar-refractivity contribution in [3.8, 4) is 11.5 Å². The smallest absolute Gasteiger partial charge is 0.307 e. The molecule has 0 bridgehead atoms. The Hall–Kier alpha value is -2.03. The van der Waals surface area contributed by atoms with Gasteiger partial charge in [-0.05, 0) is 59.3 Å². The van der Waals surface area contributed by atoms with Gasteiger partial charge in [-0.1, -0.05) is 0 Å². The molecule has 0 atom stereocenters. The van der Waals surface area contributed by atoms with Crippen LogP contribution in [0.15, 0.2) is 33.8 Å². The molecule has 0 unspecified atom stereocenters. The van der Waals surface area contributed by atoms with Crippen molar-refractivity contribution in [2.24, 2.45) is 5.10 Å². The van der Waals surface area contributed by atoms with E-state index >= 15 is 0 Å². The van der Waals surface area contributed by atoms with E-state index in [0.29, 0.717) is 17.3 Å². The first-order valence-corrected chi connectivity index (χ1v) is 7.44. The van der Waals surface area contributed by atoms with Crippen molar-refractivity contribution in [3.63, 3.8) is 0 Å². The molecule has 0 radical (unpaired) electrons. The van der Waals surface area contributed by atoms with Crippen LogP contribution in [0.25, 0.3) is 0 Å². The first-order chi connectivity index (χ1) is 10.5. The number of rotatable bonds is 5. The molecule has 1 N–H and O–H groups in total. The quantitative estimate of drug-likeness (QED) is 0.464. The van der Waals surface area contributed by atoms with E-state index in [0.717, 1.165) is 9.13 Å². The third kappa shape index (κ3) is 3.79. The number of benzene rings is 1. The monoisotopic (exact) mass is 414 g/mol. The lowest BCUT2D eigenvalue weighted by Crippen LogP contribution is -2.16. The molecule has 0 spiro atoms. The molecule has 1 aromatic heterocycles. The number of hydrogen-bond acceptors (Lipinski definition) is 5. The summed E-state index contributed by atoms with van der Waals surface area (Å²) < 4.78 is 16.6. The van der Waals surface area contributed by atoms with E-state index in [4.69, 9.17) is 13.9 Å². The van der Waals surface area contributed by atoms with Gasteiger partial charge >= 0.3 is 5.91 Å². The Morgan fingerprint density at radius 1 is 1.32 bits per heavy atom. The van der Waals surface area contributed by atoms with Gasteiger partial charge in [0.2, 0.25) is 0 Å². The van der Waals surface area contributed by atoms with Gasteiger partial charge in [0, 0.05) is 0 Å². The Morgan fingerprint density at radius 2 is 2.09 bits per heavy atom. The van der Waals surface area contributed by atoms with E-state index in [1.807, 2.05) is 6.07 Å². The summed E-state index contributed by atoms with van der Waals surface area (Å²) in [5, 5.41) is 3.91. The van der Waals surface area contributed by atoms with Crippen LogP contribution >= 0.6 is 22.6 Å². The Labute approximate surface area is 141 Å². The van der Waals surface area contributed by atoms with E-state index in [1.54, 1.807) is 39.3 Å². The summed E-state index contributed by atoms with van der Waals surface area (Å²) in [6.07, 6.45) is 1.53. The van der Waals surface area contributed by atoms with Crippen LogP contribution in [-0.2, 0) is 0 Å². The number of nitrogens with zero attached hydrogens (tertiary/aromatic N) is 1. The summed E-state index contributed by atoms with van der Waals surface area (Å²) in [7, 11) is 3.15. The largest absolute Gasteiger partial charge is 0.493 e. The summed E-state index contributed by atoms with van der Waals surface area (Å²) in [5.74, 6) is 1.75. The molecule has 2 rings (SSSR count).